The third-order valence-corrected chi connectivity index (χ3v) is 2.84. The van der Waals surface area contributed by atoms with Crippen molar-refractivity contribution in [2.75, 3.05) is 5.73 Å². The number of alkyl halides is 3. The van der Waals surface area contributed by atoms with E-state index in [1.807, 2.05) is 0 Å². The molecule has 1 aromatic heterocycles. The smallest absolute Gasteiger partial charge is 0.398 e. The summed E-state index contributed by atoms with van der Waals surface area (Å²) in [6, 6.07) is 3.08. The Bertz CT molecular complexity index is 595. The van der Waals surface area contributed by atoms with Crippen LogP contribution < -0.4 is 5.73 Å². The van der Waals surface area contributed by atoms with E-state index >= 15 is 0 Å². The van der Waals surface area contributed by atoms with Gasteiger partial charge in [-0.25, -0.2) is 9.37 Å². The first-order valence-electron chi connectivity index (χ1n) is 4.42. The van der Waals surface area contributed by atoms with Gasteiger partial charge in [0.05, 0.1) is 0 Å². The molecular weight excluding hydrogens is 304 g/mol. The Hall–Kier alpha value is -1.37. The predicted molar refractivity (Wildman–Crippen MR) is 58.8 cm³/mol. The SMILES string of the molecule is Nc1cc(C(F)(F)F)nc2c(F)ccc(Br)c12. The molecule has 2 rings (SSSR count). The molecule has 17 heavy (non-hydrogen) atoms. The summed E-state index contributed by atoms with van der Waals surface area (Å²) in [6.45, 7) is 0. The van der Waals surface area contributed by atoms with Gasteiger partial charge in [-0.1, -0.05) is 15.9 Å². The van der Waals surface area contributed by atoms with E-state index in [-0.39, 0.29) is 11.1 Å². The molecule has 1 heterocycles. The van der Waals surface area contributed by atoms with E-state index in [4.69, 9.17) is 5.73 Å². The van der Waals surface area contributed by atoms with Gasteiger partial charge in [0.25, 0.3) is 0 Å². The molecule has 2 aromatic rings. The standard InChI is InChI=1S/C10H5BrF4N2/c11-4-1-2-5(12)9-8(4)6(16)3-7(17-9)10(13,14)15/h1-3H,(H2,16,17). The minimum absolute atomic E-state index is 0.137. The number of hydrogen-bond acceptors (Lipinski definition) is 2. The van der Waals surface area contributed by atoms with Crippen molar-refractivity contribution in [3.63, 3.8) is 0 Å². The van der Waals surface area contributed by atoms with Gasteiger partial charge in [0.15, 0.2) is 0 Å². The summed E-state index contributed by atoms with van der Waals surface area (Å²) >= 11 is 3.09. The van der Waals surface area contributed by atoms with Gasteiger partial charge in [0, 0.05) is 15.5 Å². The average molecular weight is 309 g/mol. The molecule has 2 N–H and O–H groups in total. The van der Waals surface area contributed by atoms with Crippen molar-refractivity contribution in [1.29, 1.82) is 0 Å². The third-order valence-electron chi connectivity index (χ3n) is 2.18. The number of nitrogens with zero attached hydrogens (tertiary/aromatic N) is 1. The van der Waals surface area contributed by atoms with Gasteiger partial charge in [-0.15, -0.1) is 0 Å². The molecule has 0 fully saturated rings. The van der Waals surface area contributed by atoms with Crippen LogP contribution >= 0.6 is 15.9 Å². The number of anilines is 1. The maximum absolute atomic E-state index is 13.4. The van der Waals surface area contributed by atoms with Crippen LogP contribution in [0.1, 0.15) is 5.69 Å². The molecule has 2 nitrogen and oxygen atoms in total. The van der Waals surface area contributed by atoms with Crippen LogP contribution in [0.3, 0.4) is 0 Å². The molecule has 0 amide bonds. The maximum Gasteiger partial charge on any atom is 0.433 e. The summed E-state index contributed by atoms with van der Waals surface area (Å²) in [4.78, 5) is 3.26. The Morgan fingerprint density at radius 1 is 1.24 bits per heavy atom. The minimum Gasteiger partial charge on any atom is -0.398 e. The van der Waals surface area contributed by atoms with Crippen molar-refractivity contribution in [2.45, 2.75) is 6.18 Å². The lowest BCUT2D eigenvalue weighted by molar-refractivity contribution is -0.140. The van der Waals surface area contributed by atoms with Crippen LogP contribution in [0.15, 0.2) is 22.7 Å². The molecular formula is C10H5BrF4N2. The molecule has 0 aliphatic carbocycles. The predicted octanol–water partition coefficient (Wildman–Crippen LogP) is 3.74. The van der Waals surface area contributed by atoms with Crippen LogP contribution in [0.4, 0.5) is 23.2 Å². The van der Waals surface area contributed by atoms with Gasteiger partial charge in [-0.2, -0.15) is 13.2 Å². The highest BCUT2D eigenvalue weighted by Gasteiger charge is 2.33. The molecule has 0 saturated carbocycles. The fourth-order valence-corrected chi connectivity index (χ4v) is 1.99. The van der Waals surface area contributed by atoms with Crippen molar-refractivity contribution in [2.24, 2.45) is 0 Å². The van der Waals surface area contributed by atoms with E-state index in [9.17, 15) is 17.6 Å². The van der Waals surface area contributed by atoms with Crippen molar-refractivity contribution >= 4 is 32.5 Å². The van der Waals surface area contributed by atoms with E-state index < -0.39 is 23.2 Å². The van der Waals surface area contributed by atoms with Crippen LogP contribution in [-0.4, -0.2) is 4.98 Å². The third kappa shape index (κ3) is 2.06. The molecule has 7 heteroatoms. The number of halogens is 5. The average Bonchev–Trinajstić information content (AvgIpc) is 2.21. The van der Waals surface area contributed by atoms with Crippen LogP contribution in [0.2, 0.25) is 0 Å². The summed E-state index contributed by atoms with van der Waals surface area (Å²) in [7, 11) is 0. The monoisotopic (exact) mass is 308 g/mol. The second kappa shape index (κ2) is 3.83. The lowest BCUT2D eigenvalue weighted by atomic mass is 10.1. The molecule has 0 radical (unpaired) electrons. The first-order chi connectivity index (χ1) is 7.80. The van der Waals surface area contributed by atoms with Crippen molar-refractivity contribution in [1.82, 2.24) is 4.98 Å². The minimum atomic E-state index is -4.66. The number of aromatic nitrogens is 1. The van der Waals surface area contributed by atoms with Gasteiger partial charge in [-0.05, 0) is 18.2 Å². The van der Waals surface area contributed by atoms with Gasteiger partial charge in [0.2, 0.25) is 0 Å². The van der Waals surface area contributed by atoms with Crippen molar-refractivity contribution < 1.29 is 17.6 Å². The molecule has 0 aliphatic heterocycles. The zero-order valence-corrected chi connectivity index (χ0v) is 9.73. The van der Waals surface area contributed by atoms with E-state index in [1.54, 1.807) is 0 Å². The zero-order valence-electron chi connectivity index (χ0n) is 8.15. The van der Waals surface area contributed by atoms with E-state index in [1.165, 1.54) is 6.07 Å². The Morgan fingerprint density at radius 2 is 1.88 bits per heavy atom. The van der Waals surface area contributed by atoms with Gasteiger partial charge < -0.3 is 5.73 Å². The largest absolute Gasteiger partial charge is 0.433 e. The highest BCUT2D eigenvalue weighted by atomic mass is 79.9. The van der Waals surface area contributed by atoms with Crippen molar-refractivity contribution in [3.8, 4) is 0 Å². The number of nitrogens with two attached hydrogens (primary N) is 1. The van der Waals surface area contributed by atoms with E-state index in [0.29, 0.717) is 10.5 Å². The van der Waals surface area contributed by atoms with E-state index in [2.05, 4.69) is 20.9 Å². The second-order valence-corrected chi connectivity index (χ2v) is 4.20. The number of fused-ring (bicyclic) bond motifs is 1. The summed E-state index contributed by atoms with van der Waals surface area (Å²) in [5, 5.41) is 0.137. The Labute approximate surface area is 102 Å². The number of pyridine rings is 1. The number of nitrogen functional groups attached to an aromatic ring is 1. The molecule has 1 aromatic carbocycles. The molecule has 0 unspecified atom stereocenters. The normalized spacial score (nSPS) is 12.1. The quantitative estimate of drug-likeness (QED) is 0.753. The van der Waals surface area contributed by atoms with E-state index in [0.717, 1.165) is 6.07 Å². The van der Waals surface area contributed by atoms with Crippen LogP contribution in [0.25, 0.3) is 10.9 Å². The van der Waals surface area contributed by atoms with Crippen LogP contribution in [0, 0.1) is 5.82 Å². The number of rotatable bonds is 0. The first-order valence-corrected chi connectivity index (χ1v) is 5.21. The lowest BCUT2D eigenvalue weighted by Crippen LogP contribution is -2.09. The van der Waals surface area contributed by atoms with Gasteiger partial charge in [-0.3, -0.25) is 0 Å². The molecule has 0 spiro atoms. The lowest BCUT2D eigenvalue weighted by Gasteiger charge is -2.10. The molecule has 0 aliphatic rings. The molecule has 0 bridgehead atoms. The van der Waals surface area contributed by atoms with Gasteiger partial charge in [0.1, 0.15) is 17.0 Å². The molecule has 0 saturated heterocycles. The second-order valence-electron chi connectivity index (χ2n) is 3.35. The Balaban J connectivity index is 2.87. The Kier molecular flexibility index (Phi) is 2.73. The number of hydrogen-bond donors (Lipinski definition) is 1. The van der Waals surface area contributed by atoms with Gasteiger partial charge >= 0.3 is 6.18 Å². The summed E-state index contributed by atoms with van der Waals surface area (Å²) in [6.07, 6.45) is -4.66. The van der Waals surface area contributed by atoms with Crippen molar-refractivity contribution in [3.05, 3.63) is 34.2 Å². The van der Waals surface area contributed by atoms with Crippen LogP contribution in [-0.2, 0) is 6.18 Å². The maximum atomic E-state index is 13.4. The molecule has 0 atom stereocenters. The fourth-order valence-electron chi connectivity index (χ4n) is 1.44. The highest BCUT2D eigenvalue weighted by molar-refractivity contribution is 9.10. The Morgan fingerprint density at radius 3 is 2.47 bits per heavy atom. The number of benzene rings is 1. The summed E-state index contributed by atoms with van der Waals surface area (Å²) in [5.74, 6) is -0.846. The topological polar surface area (TPSA) is 38.9 Å². The fraction of sp³-hybridized carbons (Fsp3) is 0.100. The summed E-state index contributed by atoms with van der Waals surface area (Å²) in [5.41, 5.74) is 3.71. The summed E-state index contributed by atoms with van der Waals surface area (Å²) < 4.78 is 51.2. The first kappa shape index (κ1) is 12.1. The van der Waals surface area contributed by atoms with Crippen LogP contribution in [0.5, 0.6) is 0 Å². The highest BCUT2D eigenvalue weighted by Crippen LogP contribution is 2.35. The molecule has 90 valence electrons. The zero-order chi connectivity index (χ0) is 12.8.